The summed E-state index contributed by atoms with van der Waals surface area (Å²) in [4.78, 5) is 14.3. The van der Waals surface area contributed by atoms with Gasteiger partial charge in [0.2, 0.25) is 0 Å². The van der Waals surface area contributed by atoms with Gasteiger partial charge in [0.25, 0.3) is 5.69 Å². The Labute approximate surface area is 91.7 Å². The van der Waals surface area contributed by atoms with Crippen LogP contribution in [0.25, 0.3) is 11.1 Å². The molecule has 2 aromatic rings. The summed E-state index contributed by atoms with van der Waals surface area (Å²) in [5.74, 6) is 0.289. The lowest BCUT2D eigenvalue weighted by molar-refractivity contribution is -0.384. The molecular weight excluding hydrogens is 206 g/mol. The summed E-state index contributed by atoms with van der Waals surface area (Å²) < 4.78 is 0. The molecule has 0 aliphatic carbocycles. The number of rotatable bonds is 2. The van der Waals surface area contributed by atoms with Crippen molar-refractivity contribution in [2.45, 2.75) is 0 Å². The molecular formula is C11H9N3O2. The van der Waals surface area contributed by atoms with Crippen molar-refractivity contribution in [3.63, 3.8) is 0 Å². The normalized spacial score (nSPS) is 10.0. The molecule has 0 fully saturated rings. The summed E-state index contributed by atoms with van der Waals surface area (Å²) in [5, 5.41) is 10.9. The Hall–Kier alpha value is -2.43. The van der Waals surface area contributed by atoms with Gasteiger partial charge in [-0.15, -0.1) is 0 Å². The minimum atomic E-state index is -0.429. The fourth-order valence-electron chi connectivity index (χ4n) is 1.51. The number of nitro benzene ring substituents is 1. The van der Waals surface area contributed by atoms with Gasteiger partial charge in [-0.3, -0.25) is 10.1 Å². The van der Waals surface area contributed by atoms with Crippen molar-refractivity contribution >= 4 is 11.5 Å². The maximum atomic E-state index is 10.9. The Kier molecular flexibility index (Phi) is 2.51. The van der Waals surface area contributed by atoms with Gasteiger partial charge in [0, 0.05) is 17.8 Å². The van der Waals surface area contributed by atoms with E-state index >= 15 is 0 Å². The van der Waals surface area contributed by atoms with Crippen LogP contribution in [0.1, 0.15) is 0 Å². The number of hydrogen-bond acceptors (Lipinski definition) is 4. The molecule has 0 unspecified atom stereocenters. The number of nitro groups is 1. The van der Waals surface area contributed by atoms with E-state index in [0.29, 0.717) is 11.1 Å². The Balaban J connectivity index is 2.65. The van der Waals surface area contributed by atoms with Crippen molar-refractivity contribution < 1.29 is 4.92 Å². The molecule has 1 aromatic heterocycles. The van der Waals surface area contributed by atoms with Crippen molar-refractivity contribution in [1.82, 2.24) is 4.98 Å². The lowest BCUT2D eigenvalue weighted by Crippen LogP contribution is -1.96. The fourth-order valence-corrected chi connectivity index (χ4v) is 1.51. The highest BCUT2D eigenvalue weighted by Gasteiger charge is 2.15. The second-order valence-electron chi connectivity index (χ2n) is 3.21. The molecule has 0 amide bonds. The first-order chi connectivity index (χ1) is 7.70. The van der Waals surface area contributed by atoms with Crippen LogP contribution in [0.3, 0.4) is 0 Å². The Morgan fingerprint density at radius 1 is 1.12 bits per heavy atom. The van der Waals surface area contributed by atoms with Crippen LogP contribution in [-0.2, 0) is 0 Å². The number of nitrogen functional groups attached to an aromatic ring is 1. The van der Waals surface area contributed by atoms with E-state index in [1.807, 2.05) is 0 Å². The average Bonchev–Trinajstić information content (AvgIpc) is 2.29. The highest BCUT2D eigenvalue weighted by Crippen LogP contribution is 2.31. The average molecular weight is 215 g/mol. The third kappa shape index (κ3) is 1.70. The summed E-state index contributed by atoms with van der Waals surface area (Å²) >= 11 is 0. The Morgan fingerprint density at radius 3 is 2.50 bits per heavy atom. The van der Waals surface area contributed by atoms with Crippen molar-refractivity contribution in [2.75, 3.05) is 5.73 Å². The molecule has 1 heterocycles. The van der Waals surface area contributed by atoms with Crippen LogP contribution in [0.4, 0.5) is 11.5 Å². The van der Waals surface area contributed by atoms with Crippen LogP contribution in [0, 0.1) is 10.1 Å². The Morgan fingerprint density at radius 2 is 1.81 bits per heavy atom. The van der Waals surface area contributed by atoms with E-state index in [1.165, 1.54) is 6.07 Å². The number of pyridine rings is 1. The zero-order chi connectivity index (χ0) is 11.5. The molecule has 0 bridgehead atoms. The van der Waals surface area contributed by atoms with E-state index in [1.54, 1.807) is 36.5 Å². The SMILES string of the molecule is Nc1ncccc1-c1ccccc1[N+](=O)[O-]. The largest absolute Gasteiger partial charge is 0.383 e. The molecule has 0 aliphatic heterocycles. The second kappa shape index (κ2) is 3.98. The maximum Gasteiger partial charge on any atom is 0.277 e. The van der Waals surface area contributed by atoms with Crippen LogP contribution in [0.15, 0.2) is 42.6 Å². The first-order valence-corrected chi connectivity index (χ1v) is 4.64. The van der Waals surface area contributed by atoms with Crippen LogP contribution in [0.2, 0.25) is 0 Å². The lowest BCUT2D eigenvalue weighted by Gasteiger charge is -2.04. The van der Waals surface area contributed by atoms with Gasteiger partial charge in [-0.1, -0.05) is 12.1 Å². The first kappa shape index (κ1) is 10.1. The van der Waals surface area contributed by atoms with Gasteiger partial charge in [0.15, 0.2) is 0 Å². The third-order valence-corrected chi connectivity index (χ3v) is 2.23. The van der Waals surface area contributed by atoms with Gasteiger partial charge in [-0.2, -0.15) is 0 Å². The van der Waals surface area contributed by atoms with Gasteiger partial charge in [0.1, 0.15) is 5.82 Å². The summed E-state index contributed by atoms with van der Waals surface area (Å²) in [6.07, 6.45) is 1.55. The van der Waals surface area contributed by atoms with Crippen LogP contribution < -0.4 is 5.73 Å². The van der Waals surface area contributed by atoms with E-state index in [4.69, 9.17) is 5.73 Å². The molecule has 0 radical (unpaired) electrons. The molecule has 1 aromatic carbocycles. The lowest BCUT2D eigenvalue weighted by atomic mass is 10.0. The fraction of sp³-hybridized carbons (Fsp3) is 0. The summed E-state index contributed by atoms with van der Waals surface area (Å²) in [5.41, 5.74) is 6.78. The number of anilines is 1. The zero-order valence-corrected chi connectivity index (χ0v) is 8.33. The number of nitrogens with zero attached hydrogens (tertiary/aromatic N) is 2. The number of para-hydroxylation sites is 1. The van der Waals surface area contributed by atoms with E-state index < -0.39 is 4.92 Å². The highest BCUT2D eigenvalue weighted by molar-refractivity contribution is 5.80. The van der Waals surface area contributed by atoms with Gasteiger partial charge >= 0.3 is 0 Å². The zero-order valence-electron chi connectivity index (χ0n) is 8.33. The molecule has 0 saturated carbocycles. The second-order valence-corrected chi connectivity index (χ2v) is 3.21. The van der Waals surface area contributed by atoms with Crippen LogP contribution in [-0.4, -0.2) is 9.91 Å². The quantitative estimate of drug-likeness (QED) is 0.615. The standard InChI is InChI=1S/C11H9N3O2/c12-11-9(5-3-7-13-11)8-4-1-2-6-10(8)14(15)16/h1-7H,(H2,12,13). The molecule has 2 N–H and O–H groups in total. The number of benzene rings is 1. The topological polar surface area (TPSA) is 82.0 Å². The number of hydrogen-bond donors (Lipinski definition) is 1. The Bertz CT molecular complexity index is 540. The molecule has 0 saturated heterocycles. The van der Waals surface area contributed by atoms with Crippen LogP contribution >= 0.6 is 0 Å². The highest BCUT2D eigenvalue weighted by atomic mass is 16.6. The van der Waals surface area contributed by atoms with Crippen molar-refractivity contribution in [3.05, 3.63) is 52.7 Å². The molecule has 5 heteroatoms. The monoisotopic (exact) mass is 215 g/mol. The molecule has 0 atom stereocenters. The van der Waals surface area contributed by atoms with Gasteiger partial charge < -0.3 is 5.73 Å². The number of nitrogens with two attached hydrogens (primary N) is 1. The van der Waals surface area contributed by atoms with E-state index in [-0.39, 0.29) is 11.5 Å². The minimum absolute atomic E-state index is 0.0298. The minimum Gasteiger partial charge on any atom is -0.383 e. The summed E-state index contributed by atoms with van der Waals surface area (Å²) in [6, 6.07) is 9.86. The summed E-state index contributed by atoms with van der Waals surface area (Å²) in [6.45, 7) is 0. The van der Waals surface area contributed by atoms with E-state index in [0.717, 1.165) is 0 Å². The van der Waals surface area contributed by atoms with Gasteiger partial charge in [0.05, 0.1) is 10.5 Å². The molecule has 80 valence electrons. The van der Waals surface area contributed by atoms with Crippen molar-refractivity contribution in [3.8, 4) is 11.1 Å². The summed E-state index contributed by atoms with van der Waals surface area (Å²) in [7, 11) is 0. The van der Waals surface area contributed by atoms with Crippen LogP contribution in [0.5, 0.6) is 0 Å². The van der Waals surface area contributed by atoms with E-state index in [9.17, 15) is 10.1 Å². The molecule has 5 nitrogen and oxygen atoms in total. The smallest absolute Gasteiger partial charge is 0.277 e. The molecule has 2 rings (SSSR count). The maximum absolute atomic E-state index is 10.9. The van der Waals surface area contributed by atoms with Crippen molar-refractivity contribution in [2.24, 2.45) is 0 Å². The van der Waals surface area contributed by atoms with Gasteiger partial charge in [-0.05, 0) is 18.2 Å². The predicted octanol–water partition coefficient (Wildman–Crippen LogP) is 2.24. The first-order valence-electron chi connectivity index (χ1n) is 4.64. The predicted molar refractivity (Wildman–Crippen MR) is 60.7 cm³/mol. The molecule has 16 heavy (non-hydrogen) atoms. The third-order valence-electron chi connectivity index (χ3n) is 2.23. The van der Waals surface area contributed by atoms with Crippen molar-refractivity contribution in [1.29, 1.82) is 0 Å². The van der Waals surface area contributed by atoms with E-state index in [2.05, 4.69) is 4.98 Å². The molecule has 0 aliphatic rings. The molecule has 0 spiro atoms. The number of aromatic nitrogens is 1. The van der Waals surface area contributed by atoms with Gasteiger partial charge in [-0.25, -0.2) is 4.98 Å².